The van der Waals surface area contributed by atoms with Gasteiger partial charge in [-0.2, -0.15) is 5.21 Å². The van der Waals surface area contributed by atoms with Crippen molar-refractivity contribution in [1.82, 2.24) is 30.4 Å². The van der Waals surface area contributed by atoms with Crippen molar-refractivity contribution in [2.75, 3.05) is 26.2 Å². The first-order valence-electron chi connectivity index (χ1n) is 8.53. The number of tetrazole rings is 1. The lowest BCUT2D eigenvalue weighted by atomic mass is 9.96. The Morgan fingerprint density at radius 3 is 2.74 bits per heavy atom. The predicted octanol–water partition coefficient (Wildman–Crippen LogP) is 0.698. The van der Waals surface area contributed by atoms with E-state index < -0.39 is 0 Å². The predicted molar refractivity (Wildman–Crippen MR) is 82.4 cm³/mol. The first-order valence-corrected chi connectivity index (χ1v) is 8.53. The summed E-state index contributed by atoms with van der Waals surface area (Å²) >= 11 is 0. The Morgan fingerprint density at radius 1 is 1.22 bits per heavy atom. The van der Waals surface area contributed by atoms with Crippen molar-refractivity contribution >= 4 is 11.8 Å². The van der Waals surface area contributed by atoms with Crippen molar-refractivity contribution in [3.05, 3.63) is 5.82 Å². The van der Waals surface area contributed by atoms with Crippen molar-refractivity contribution in [1.29, 1.82) is 0 Å². The molecule has 23 heavy (non-hydrogen) atoms. The molecule has 2 saturated heterocycles. The van der Waals surface area contributed by atoms with Crippen molar-refractivity contribution in [2.24, 2.45) is 0 Å². The molecule has 0 spiro atoms. The van der Waals surface area contributed by atoms with Crippen molar-refractivity contribution in [3.8, 4) is 0 Å². The van der Waals surface area contributed by atoms with E-state index in [9.17, 15) is 9.59 Å². The number of carbonyl (C=O) groups is 2. The fraction of sp³-hybridized carbons (Fsp3) is 0.800. The molecule has 2 aliphatic heterocycles. The largest absolute Gasteiger partial charge is 0.343 e. The Labute approximate surface area is 135 Å². The Morgan fingerprint density at radius 2 is 2.04 bits per heavy atom. The molecule has 8 nitrogen and oxygen atoms in total. The van der Waals surface area contributed by atoms with Crippen LogP contribution in [0.2, 0.25) is 0 Å². The lowest BCUT2D eigenvalue weighted by Gasteiger charge is -2.31. The summed E-state index contributed by atoms with van der Waals surface area (Å²) in [5.74, 6) is 1.48. The summed E-state index contributed by atoms with van der Waals surface area (Å²) in [6.07, 6.45) is 5.81. The molecule has 1 N–H and O–H groups in total. The van der Waals surface area contributed by atoms with Crippen molar-refractivity contribution in [2.45, 2.75) is 50.9 Å². The summed E-state index contributed by atoms with van der Waals surface area (Å²) in [5, 5.41) is 14.1. The zero-order valence-electron chi connectivity index (χ0n) is 13.4. The number of hydrogen-bond acceptors (Lipinski definition) is 5. The highest BCUT2D eigenvalue weighted by Crippen LogP contribution is 2.25. The van der Waals surface area contributed by atoms with Crippen LogP contribution in [-0.4, -0.2) is 68.4 Å². The third kappa shape index (κ3) is 4.05. The van der Waals surface area contributed by atoms with Gasteiger partial charge in [-0.3, -0.25) is 9.59 Å². The van der Waals surface area contributed by atoms with E-state index >= 15 is 0 Å². The van der Waals surface area contributed by atoms with Gasteiger partial charge in [-0.15, -0.1) is 10.2 Å². The molecule has 1 aromatic heterocycles. The van der Waals surface area contributed by atoms with E-state index in [-0.39, 0.29) is 11.8 Å². The SMILES string of the molecule is O=C1CCCCN1CCCC(=O)N1CCC(c2nn[nH]n2)CC1. The minimum Gasteiger partial charge on any atom is -0.343 e. The average molecular weight is 320 g/mol. The van der Waals surface area contributed by atoms with Gasteiger partial charge in [0.15, 0.2) is 5.82 Å². The first-order chi connectivity index (χ1) is 11.2. The second-order valence-corrected chi connectivity index (χ2v) is 6.37. The fourth-order valence-electron chi connectivity index (χ4n) is 3.41. The molecule has 2 aliphatic rings. The standard InChI is InChI=1S/C15H24N6O2/c22-13-4-1-2-8-20(13)9-3-5-14(23)21-10-6-12(7-11-21)15-16-18-19-17-15/h12H,1-11H2,(H,16,17,18,19). The lowest BCUT2D eigenvalue weighted by molar-refractivity contribution is -0.135. The number of carbonyl (C=O) groups excluding carboxylic acids is 2. The highest BCUT2D eigenvalue weighted by molar-refractivity contribution is 5.77. The zero-order chi connectivity index (χ0) is 16.1. The van der Waals surface area contributed by atoms with Crippen LogP contribution in [0.15, 0.2) is 0 Å². The number of nitrogens with zero attached hydrogens (tertiary/aromatic N) is 5. The van der Waals surface area contributed by atoms with Gasteiger partial charge in [-0.05, 0) is 32.1 Å². The number of aromatic amines is 1. The number of piperidine rings is 2. The maximum Gasteiger partial charge on any atom is 0.222 e. The summed E-state index contributed by atoms with van der Waals surface area (Å²) in [5.41, 5.74) is 0. The molecule has 0 atom stereocenters. The average Bonchev–Trinajstić information content (AvgIpc) is 3.11. The van der Waals surface area contributed by atoms with Crippen LogP contribution in [0.4, 0.5) is 0 Å². The maximum absolute atomic E-state index is 12.3. The van der Waals surface area contributed by atoms with Gasteiger partial charge in [0.2, 0.25) is 11.8 Å². The lowest BCUT2D eigenvalue weighted by Crippen LogP contribution is -2.39. The molecule has 0 saturated carbocycles. The second kappa shape index (κ2) is 7.52. The topological polar surface area (TPSA) is 95.1 Å². The van der Waals surface area contributed by atoms with Gasteiger partial charge < -0.3 is 9.80 Å². The van der Waals surface area contributed by atoms with Crippen LogP contribution in [0.1, 0.15) is 56.7 Å². The van der Waals surface area contributed by atoms with Crippen molar-refractivity contribution in [3.63, 3.8) is 0 Å². The summed E-state index contributed by atoms with van der Waals surface area (Å²) < 4.78 is 0. The number of nitrogens with one attached hydrogen (secondary N) is 1. The van der Waals surface area contributed by atoms with Crippen molar-refractivity contribution < 1.29 is 9.59 Å². The molecule has 0 bridgehead atoms. The molecule has 8 heteroatoms. The number of hydrogen-bond donors (Lipinski definition) is 1. The molecule has 0 unspecified atom stereocenters. The molecule has 3 heterocycles. The Bertz CT molecular complexity index is 524. The van der Waals surface area contributed by atoms with Crippen LogP contribution in [0, 0.1) is 0 Å². The van der Waals surface area contributed by atoms with Crippen LogP contribution < -0.4 is 0 Å². The minimum absolute atomic E-state index is 0.195. The van der Waals surface area contributed by atoms with E-state index in [4.69, 9.17) is 0 Å². The van der Waals surface area contributed by atoms with Gasteiger partial charge in [0.25, 0.3) is 0 Å². The molecule has 3 rings (SSSR count). The summed E-state index contributed by atoms with van der Waals surface area (Å²) in [7, 11) is 0. The summed E-state index contributed by atoms with van der Waals surface area (Å²) in [4.78, 5) is 27.8. The number of amides is 2. The van der Waals surface area contributed by atoms with Crippen LogP contribution in [0.5, 0.6) is 0 Å². The molecule has 126 valence electrons. The molecular formula is C15H24N6O2. The van der Waals surface area contributed by atoms with E-state index in [0.717, 1.165) is 57.6 Å². The summed E-state index contributed by atoms with van der Waals surface area (Å²) in [6, 6.07) is 0. The molecule has 0 aromatic carbocycles. The Hall–Kier alpha value is -1.99. The highest BCUT2D eigenvalue weighted by atomic mass is 16.2. The van der Waals surface area contributed by atoms with Gasteiger partial charge in [-0.1, -0.05) is 5.21 Å². The zero-order valence-corrected chi connectivity index (χ0v) is 13.4. The van der Waals surface area contributed by atoms with Crippen LogP contribution in [-0.2, 0) is 9.59 Å². The molecule has 0 aliphatic carbocycles. The molecule has 0 radical (unpaired) electrons. The molecule has 1 aromatic rings. The van der Waals surface area contributed by atoms with Crippen LogP contribution in [0.25, 0.3) is 0 Å². The number of aromatic nitrogens is 4. The van der Waals surface area contributed by atoms with E-state index in [1.165, 1.54) is 0 Å². The maximum atomic E-state index is 12.3. The van der Waals surface area contributed by atoms with Gasteiger partial charge in [0.05, 0.1) is 0 Å². The van der Waals surface area contributed by atoms with E-state index in [1.807, 2.05) is 9.80 Å². The molecule has 2 amide bonds. The van der Waals surface area contributed by atoms with E-state index in [1.54, 1.807) is 0 Å². The molecular weight excluding hydrogens is 296 g/mol. The molecule has 2 fully saturated rings. The second-order valence-electron chi connectivity index (χ2n) is 6.37. The number of likely N-dealkylation sites (tertiary alicyclic amines) is 2. The van der Waals surface area contributed by atoms with Crippen LogP contribution in [0.3, 0.4) is 0 Å². The van der Waals surface area contributed by atoms with Gasteiger partial charge in [-0.25, -0.2) is 0 Å². The van der Waals surface area contributed by atoms with Crippen LogP contribution >= 0.6 is 0 Å². The minimum atomic E-state index is 0.195. The van der Waals surface area contributed by atoms with E-state index in [2.05, 4.69) is 20.6 Å². The summed E-state index contributed by atoms with van der Waals surface area (Å²) in [6.45, 7) is 3.06. The number of rotatable bonds is 5. The van der Waals surface area contributed by atoms with Gasteiger partial charge in [0.1, 0.15) is 0 Å². The fourth-order valence-corrected chi connectivity index (χ4v) is 3.41. The smallest absolute Gasteiger partial charge is 0.222 e. The highest BCUT2D eigenvalue weighted by Gasteiger charge is 2.26. The monoisotopic (exact) mass is 320 g/mol. The van der Waals surface area contributed by atoms with E-state index in [0.29, 0.717) is 25.3 Å². The Balaban J connectivity index is 1.37. The van der Waals surface area contributed by atoms with Gasteiger partial charge in [0, 0.05) is 44.9 Å². The quantitative estimate of drug-likeness (QED) is 0.861. The number of H-pyrrole nitrogens is 1. The third-order valence-electron chi connectivity index (χ3n) is 4.81. The van der Waals surface area contributed by atoms with Gasteiger partial charge >= 0.3 is 0 Å². The third-order valence-corrected chi connectivity index (χ3v) is 4.81. The normalized spacial score (nSPS) is 20.1. The first kappa shape index (κ1) is 15.9. The Kier molecular flexibility index (Phi) is 5.19.